The van der Waals surface area contributed by atoms with Crippen molar-refractivity contribution in [2.75, 3.05) is 23.8 Å². The molecule has 2 heterocycles. The largest absolute Gasteiger partial charge is 0.366 e. The molecule has 6 N–H and O–H groups in total. The first-order valence-electron chi connectivity index (χ1n) is 7.87. The van der Waals surface area contributed by atoms with E-state index in [0.29, 0.717) is 30.3 Å². The Bertz CT molecular complexity index is 510. The van der Waals surface area contributed by atoms with Crippen molar-refractivity contribution in [1.29, 1.82) is 5.41 Å². The van der Waals surface area contributed by atoms with Gasteiger partial charge in [-0.3, -0.25) is 5.41 Å². The number of hydrogen-bond donors (Lipinski definition) is 5. The summed E-state index contributed by atoms with van der Waals surface area (Å²) in [5.41, 5.74) is 7.27. The molecule has 0 bridgehead atoms. The summed E-state index contributed by atoms with van der Waals surface area (Å²) in [7, 11) is 2.02. The molecule has 0 unspecified atom stereocenters. The Labute approximate surface area is 126 Å². The monoisotopic (exact) mass is 290 g/mol. The topological polar surface area (TPSA) is 93.0 Å². The minimum atomic E-state index is -0.174. The Morgan fingerprint density at radius 1 is 1.52 bits per heavy atom. The van der Waals surface area contributed by atoms with Gasteiger partial charge in [0.1, 0.15) is 17.8 Å². The molecule has 0 aromatic carbocycles. The van der Waals surface area contributed by atoms with Gasteiger partial charge < -0.3 is 26.3 Å². The van der Waals surface area contributed by atoms with Crippen LogP contribution in [0.4, 0.5) is 11.5 Å². The van der Waals surface area contributed by atoms with Gasteiger partial charge in [0.2, 0.25) is 0 Å². The summed E-state index contributed by atoms with van der Waals surface area (Å²) in [6.45, 7) is 2.89. The molecule has 0 amide bonds. The van der Waals surface area contributed by atoms with Crippen LogP contribution in [0.15, 0.2) is 12.3 Å². The van der Waals surface area contributed by atoms with Crippen LogP contribution in [0.25, 0.3) is 0 Å². The second-order valence-corrected chi connectivity index (χ2v) is 6.17. The Morgan fingerprint density at radius 3 is 3.05 bits per heavy atom. The Kier molecular flexibility index (Phi) is 3.91. The van der Waals surface area contributed by atoms with Crippen molar-refractivity contribution in [3.63, 3.8) is 0 Å². The Balaban J connectivity index is 1.85. The molecule has 116 valence electrons. The number of fused-ring (bicyclic) bond motifs is 1. The third-order valence-electron chi connectivity index (χ3n) is 5.04. The summed E-state index contributed by atoms with van der Waals surface area (Å²) in [6.07, 6.45) is 5.03. The van der Waals surface area contributed by atoms with Crippen LogP contribution in [0.5, 0.6) is 0 Å². The Morgan fingerprint density at radius 2 is 2.33 bits per heavy atom. The van der Waals surface area contributed by atoms with Gasteiger partial charge >= 0.3 is 0 Å². The van der Waals surface area contributed by atoms with Crippen LogP contribution in [0, 0.1) is 17.2 Å². The molecule has 0 radical (unpaired) electrons. The van der Waals surface area contributed by atoms with Crippen LogP contribution in [-0.2, 0) is 0 Å². The van der Waals surface area contributed by atoms with E-state index in [1.54, 1.807) is 0 Å². The molecular weight excluding hydrogens is 264 g/mol. The summed E-state index contributed by atoms with van der Waals surface area (Å²) in [4.78, 5) is 5.19. The first-order chi connectivity index (χ1) is 10.2. The van der Waals surface area contributed by atoms with E-state index >= 15 is 0 Å². The molecule has 1 saturated carbocycles. The number of nitrogens with two attached hydrogens (primary N) is 1. The zero-order valence-corrected chi connectivity index (χ0v) is 12.8. The average Bonchev–Trinajstić information content (AvgIpc) is 3.12. The molecule has 1 aliphatic carbocycles. The fourth-order valence-corrected chi connectivity index (χ4v) is 3.81. The quantitative estimate of drug-likeness (QED) is 0.431. The standard InChI is InChI=1S/C15H26N6/c1-3-9-6-10(18-2)7-11(9)14(17)21-12-4-5-19-15(12)20-8-13(21)16/h4-5,9-11,13,17-20H,3,6-8,16H2,1-2H3/t9-,10+,11+,13+/m1/s1. The number of nitrogens with one attached hydrogen (secondary N) is 4. The third-order valence-corrected chi connectivity index (χ3v) is 5.04. The first kappa shape index (κ1) is 14.4. The summed E-state index contributed by atoms with van der Waals surface area (Å²) < 4.78 is 0. The maximum absolute atomic E-state index is 8.76. The minimum Gasteiger partial charge on any atom is -0.366 e. The third kappa shape index (κ3) is 2.42. The van der Waals surface area contributed by atoms with E-state index < -0.39 is 0 Å². The number of H-pyrrole nitrogens is 1. The second kappa shape index (κ2) is 5.69. The molecule has 4 atom stereocenters. The lowest BCUT2D eigenvalue weighted by molar-refractivity contribution is 0.452. The second-order valence-electron chi connectivity index (χ2n) is 6.17. The van der Waals surface area contributed by atoms with Gasteiger partial charge in [0.25, 0.3) is 0 Å². The van der Waals surface area contributed by atoms with Crippen molar-refractivity contribution in [3.05, 3.63) is 12.3 Å². The number of aromatic nitrogens is 1. The van der Waals surface area contributed by atoms with E-state index in [1.165, 1.54) is 0 Å². The Hall–Kier alpha value is -1.53. The van der Waals surface area contributed by atoms with Crippen molar-refractivity contribution < 1.29 is 0 Å². The highest BCUT2D eigenvalue weighted by Crippen LogP contribution is 2.38. The lowest BCUT2D eigenvalue weighted by Gasteiger charge is -2.38. The van der Waals surface area contributed by atoms with Crippen molar-refractivity contribution in [3.8, 4) is 0 Å². The first-order valence-corrected chi connectivity index (χ1v) is 7.87. The van der Waals surface area contributed by atoms with Gasteiger partial charge in [0.15, 0.2) is 0 Å². The van der Waals surface area contributed by atoms with Gasteiger partial charge in [0, 0.05) is 18.2 Å². The number of hydrogen-bond acceptors (Lipinski definition) is 4. The predicted molar refractivity (Wildman–Crippen MR) is 86.8 cm³/mol. The summed E-state index contributed by atoms with van der Waals surface area (Å²) >= 11 is 0. The van der Waals surface area contributed by atoms with Gasteiger partial charge in [-0.1, -0.05) is 13.3 Å². The highest BCUT2D eigenvalue weighted by atomic mass is 15.3. The fourth-order valence-electron chi connectivity index (χ4n) is 3.81. The number of aromatic amines is 1. The van der Waals surface area contributed by atoms with Crippen molar-refractivity contribution in [2.24, 2.45) is 17.6 Å². The highest BCUT2D eigenvalue weighted by molar-refractivity contribution is 6.01. The van der Waals surface area contributed by atoms with Crippen LogP contribution in [0.1, 0.15) is 26.2 Å². The fraction of sp³-hybridized carbons (Fsp3) is 0.667. The molecule has 0 saturated heterocycles. The smallest absolute Gasteiger partial charge is 0.127 e. The number of rotatable bonds is 3. The van der Waals surface area contributed by atoms with Crippen LogP contribution in [0.3, 0.4) is 0 Å². The molecular formula is C15H26N6. The van der Waals surface area contributed by atoms with E-state index in [9.17, 15) is 0 Å². The number of nitrogens with zero attached hydrogens (tertiary/aromatic N) is 1. The molecule has 2 aliphatic rings. The van der Waals surface area contributed by atoms with Crippen molar-refractivity contribution >= 4 is 17.3 Å². The maximum Gasteiger partial charge on any atom is 0.127 e. The highest BCUT2D eigenvalue weighted by Gasteiger charge is 2.39. The number of anilines is 2. The molecule has 1 aromatic rings. The normalized spacial score (nSPS) is 31.9. The summed E-state index contributed by atoms with van der Waals surface area (Å²) in [6, 6.07) is 2.52. The van der Waals surface area contributed by atoms with E-state index in [-0.39, 0.29) is 6.17 Å². The molecule has 1 fully saturated rings. The molecule has 6 heteroatoms. The zero-order chi connectivity index (χ0) is 15.0. The lowest BCUT2D eigenvalue weighted by atomic mass is 9.91. The van der Waals surface area contributed by atoms with E-state index in [4.69, 9.17) is 11.1 Å². The minimum absolute atomic E-state index is 0.174. The summed E-state index contributed by atoms with van der Waals surface area (Å²) in [5, 5.41) is 15.4. The van der Waals surface area contributed by atoms with E-state index in [2.05, 4.69) is 22.5 Å². The van der Waals surface area contributed by atoms with Gasteiger partial charge in [-0.05, 0) is 31.9 Å². The van der Waals surface area contributed by atoms with Gasteiger partial charge in [0.05, 0.1) is 12.2 Å². The molecule has 1 aliphatic heterocycles. The van der Waals surface area contributed by atoms with E-state index in [1.807, 2.05) is 24.2 Å². The van der Waals surface area contributed by atoms with Gasteiger partial charge in [-0.25, -0.2) is 0 Å². The maximum atomic E-state index is 8.76. The average molecular weight is 290 g/mol. The molecule has 21 heavy (non-hydrogen) atoms. The zero-order valence-electron chi connectivity index (χ0n) is 12.8. The van der Waals surface area contributed by atoms with Crippen LogP contribution >= 0.6 is 0 Å². The van der Waals surface area contributed by atoms with Gasteiger partial charge in [-0.15, -0.1) is 0 Å². The molecule has 0 spiro atoms. The molecule has 6 nitrogen and oxygen atoms in total. The van der Waals surface area contributed by atoms with Gasteiger partial charge in [-0.2, -0.15) is 0 Å². The van der Waals surface area contributed by atoms with Crippen molar-refractivity contribution in [1.82, 2.24) is 10.3 Å². The predicted octanol–water partition coefficient (Wildman–Crippen LogP) is 1.53. The lowest BCUT2D eigenvalue weighted by Crippen LogP contribution is -2.54. The SMILES string of the molecule is CC[C@@H]1C[C@H](NC)C[C@@H]1C(=N)N1c2cc[nH]c2NC[C@H]1N. The van der Waals surface area contributed by atoms with Crippen LogP contribution in [-0.4, -0.2) is 36.6 Å². The van der Waals surface area contributed by atoms with Crippen LogP contribution in [0.2, 0.25) is 0 Å². The van der Waals surface area contributed by atoms with Crippen molar-refractivity contribution in [2.45, 2.75) is 38.4 Å². The molecule has 1 aromatic heterocycles. The summed E-state index contributed by atoms with van der Waals surface area (Å²) in [5.74, 6) is 2.51. The molecule has 3 rings (SSSR count). The van der Waals surface area contributed by atoms with E-state index in [0.717, 1.165) is 30.8 Å². The number of amidine groups is 1. The van der Waals surface area contributed by atoms with Crippen LogP contribution < -0.4 is 21.3 Å².